The van der Waals surface area contributed by atoms with Crippen molar-refractivity contribution in [2.24, 2.45) is 5.92 Å². The Hall–Kier alpha value is -4.50. The molecule has 1 saturated carbocycles. The third-order valence-electron chi connectivity index (χ3n) is 7.80. The highest BCUT2D eigenvalue weighted by Gasteiger charge is 2.40. The predicted molar refractivity (Wildman–Crippen MR) is 159 cm³/mol. The lowest BCUT2D eigenvalue weighted by molar-refractivity contribution is -0.146. The van der Waals surface area contributed by atoms with E-state index in [0.717, 1.165) is 37.2 Å². The largest absolute Gasteiger partial charge is 0.493 e. The van der Waals surface area contributed by atoms with Gasteiger partial charge in [-0.2, -0.15) is 13.2 Å². The quantitative estimate of drug-likeness (QED) is 0.247. The van der Waals surface area contributed by atoms with Crippen molar-refractivity contribution in [2.75, 3.05) is 30.8 Å². The van der Waals surface area contributed by atoms with Crippen LogP contribution in [0.25, 0.3) is 16.8 Å². The van der Waals surface area contributed by atoms with Crippen LogP contribution in [0.1, 0.15) is 54.5 Å². The standard InChI is InChI=1S/C30H28ClF4N7O4/c1-3-45-20-10-17(28(43)39-23-8-16(6-7-37-23)30(33,34)35)19(32)9-18(20)24-25-26(36)38-11-22(31)42(25)27(40-24)21-12-41(14(2)13-46-21)29(44)15-4-5-15/h6-11,14-15,21H,3-5,12-13H2,1-2H3,(H2,36,38)(H,37,39,43)/t14-,21+/m0/s1. The lowest BCUT2D eigenvalue weighted by Crippen LogP contribution is -2.49. The number of hydrogen-bond donors (Lipinski definition) is 2. The lowest BCUT2D eigenvalue weighted by atomic mass is 10.0. The van der Waals surface area contributed by atoms with Crippen molar-refractivity contribution in [3.8, 4) is 17.0 Å². The molecule has 0 bridgehead atoms. The third kappa shape index (κ3) is 5.91. The van der Waals surface area contributed by atoms with Gasteiger partial charge in [-0.3, -0.25) is 14.0 Å². The molecule has 1 aromatic carbocycles. The number of alkyl halides is 3. The summed E-state index contributed by atoms with van der Waals surface area (Å²) in [6.07, 6.45) is -1.49. The SMILES string of the molecule is CCOc1cc(C(=O)Nc2cc(C(F)(F)F)ccn2)c(F)cc1-c1nc([C@H]2CN(C(=O)C3CC3)[C@@H](C)CO2)n2c(Cl)cnc(N)c12. The molecule has 11 nitrogen and oxygen atoms in total. The number of benzene rings is 1. The maximum absolute atomic E-state index is 15.7. The van der Waals surface area contributed by atoms with Crippen LogP contribution in [0.15, 0.2) is 36.7 Å². The Labute approximate surface area is 264 Å². The number of aromatic nitrogens is 4. The van der Waals surface area contributed by atoms with Crippen LogP contribution in [0.5, 0.6) is 5.75 Å². The normalized spacial score (nSPS) is 18.5. The van der Waals surface area contributed by atoms with Gasteiger partial charge >= 0.3 is 6.18 Å². The van der Waals surface area contributed by atoms with Crippen LogP contribution >= 0.6 is 11.6 Å². The Kier molecular flexibility index (Phi) is 8.23. The smallest absolute Gasteiger partial charge is 0.416 e. The summed E-state index contributed by atoms with van der Waals surface area (Å²) in [5, 5.41) is 2.33. The zero-order valence-corrected chi connectivity index (χ0v) is 25.3. The van der Waals surface area contributed by atoms with Gasteiger partial charge < -0.3 is 25.4 Å². The third-order valence-corrected chi connectivity index (χ3v) is 8.06. The highest BCUT2D eigenvalue weighted by Crippen LogP contribution is 2.41. The number of fused-ring (bicyclic) bond motifs is 1. The van der Waals surface area contributed by atoms with Crippen molar-refractivity contribution < 1.29 is 36.6 Å². The van der Waals surface area contributed by atoms with E-state index in [1.807, 2.05) is 6.92 Å². The number of imidazole rings is 1. The summed E-state index contributed by atoms with van der Waals surface area (Å²) in [5.74, 6) is -2.13. The van der Waals surface area contributed by atoms with Gasteiger partial charge in [0.2, 0.25) is 5.91 Å². The number of carbonyl (C=O) groups excluding carboxylic acids is 2. The maximum Gasteiger partial charge on any atom is 0.416 e. The molecule has 0 radical (unpaired) electrons. The van der Waals surface area contributed by atoms with Gasteiger partial charge in [0.15, 0.2) is 0 Å². The first-order valence-corrected chi connectivity index (χ1v) is 14.8. The molecule has 2 amide bonds. The van der Waals surface area contributed by atoms with Gasteiger partial charge in [-0.25, -0.2) is 19.3 Å². The van der Waals surface area contributed by atoms with E-state index < -0.39 is 40.9 Å². The van der Waals surface area contributed by atoms with Gasteiger partial charge in [-0.1, -0.05) is 11.6 Å². The molecular weight excluding hydrogens is 634 g/mol. The number of nitrogens with zero attached hydrogens (tertiary/aromatic N) is 5. The lowest BCUT2D eigenvalue weighted by Gasteiger charge is -2.37. The predicted octanol–water partition coefficient (Wildman–Crippen LogP) is 5.53. The second-order valence-electron chi connectivity index (χ2n) is 11.0. The topological polar surface area (TPSA) is 137 Å². The molecule has 4 heterocycles. The highest BCUT2D eigenvalue weighted by atomic mass is 35.5. The van der Waals surface area contributed by atoms with E-state index in [2.05, 4.69) is 15.3 Å². The Morgan fingerprint density at radius 3 is 2.67 bits per heavy atom. The molecule has 242 valence electrons. The second-order valence-corrected chi connectivity index (χ2v) is 11.4. The molecular formula is C30H28ClF4N7O4. The minimum absolute atomic E-state index is 0.00554. The summed E-state index contributed by atoms with van der Waals surface area (Å²) in [6.45, 7) is 4.12. The number of ether oxygens (including phenoxy) is 2. The fraction of sp³-hybridized carbons (Fsp3) is 0.367. The van der Waals surface area contributed by atoms with Crippen LogP contribution in [0, 0.1) is 11.7 Å². The Morgan fingerprint density at radius 2 is 1.98 bits per heavy atom. The molecule has 0 unspecified atom stereocenters. The fourth-order valence-electron chi connectivity index (χ4n) is 5.37. The molecule has 0 spiro atoms. The number of hydrogen-bond acceptors (Lipinski definition) is 8. The van der Waals surface area contributed by atoms with Crippen LogP contribution in [-0.4, -0.2) is 61.9 Å². The van der Waals surface area contributed by atoms with E-state index in [1.165, 1.54) is 10.6 Å². The number of morpholine rings is 1. The summed E-state index contributed by atoms with van der Waals surface area (Å²) in [4.78, 5) is 40.5. The van der Waals surface area contributed by atoms with E-state index in [0.29, 0.717) is 11.9 Å². The number of amides is 2. The molecule has 3 aromatic heterocycles. The number of halogens is 5. The first-order chi connectivity index (χ1) is 21.9. The molecule has 6 rings (SSSR count). The molecule has 2 aliphatic rings. The first-order valence-electron chi connectivity index (χ1n) is 14.4. The van der Waals surface area contributed by atoms with Crippen molar-refractivity contribution in [3.05, 3.63) is 64.6 Å². The van der Waals surface area contributed by atoms with Crippen molar-refractivity contribution >= 4 is 40.6 Å². The first kappa shape index (κ1) is 31.5. The molecule has 2 fully saturated rings. The monoisotopic (exact) mass is 661 g/mol. The summed E-state index contributed by atoms with van der Waals surface area (Å²) in [7, 11) is 0. The molecule has 2 atom stereocenters. The Bertz CT molecular complexity index is 1850. The number of nitrogen functional groups attached to an aromatic ring is 1. The molecule has 16 heteroatoms. The molecule has 3 N–H and O–H groups in total. The number of nitrogens with two attached hydrogens (primary N) is 1. The Balaban J connectivity index is 1.41. The minimum atomic E-state index is -4.67. The average Bonchev–Trinajstić information content (AvgIpc) is 3.79. The van der Waals surface area contributed by atoms with E-state index in [4.69, 9.17) is 31.8 Å². The van der Waals surface area contributed by atoms with Gasteiger partial charge in [-0.15, -0.1) is 0 Å². The zero-order valence-electron chi connectivity index (χ0n) is 24.6. The van der Waals surface area contributed by atoms with Crippen LogP contribution in [0.4, 0.5) is 29.2 Å². The van der Waals surface area contributed by atoms with Crippen molar-refractivity contribution in [2.45, 2.75) is 45.0 Å². The van der Waals surface area contributed by atoms with E-state index in [9.17, 15) is 22.8 Å². The number of pyridine rings is 1. The molecule has 46 heavy (non-hydrogen) atoms. The van der Waals surface area contributed by atoms with Gasteiger partial charge in [0, 0.05) is 17.7 Å². The molecule has 1 aliphatic heterocycles. The zero-order chi connectivity index (χ0) is 32.9. The maximum atomic E-state index is 15.7. The van der Waals surface area contributed by atoms with Gasteiger partial charge in [0.1, 0.15) is 51.5 Å². The number of rotatable bonds is 7. The minimum Gasteiger partial charge on any atom is -0.493 e. The number of carbonyl (C=O) groups is 2. The van der Waals surface area contributed by atoms with Crippen molar-refractivity contribution in [1.82, 2.24) is 24.3 Å². The summed E-state index contributed by atoms with van der Waals surface area (Å²) in [5.41, 5.74) is 5.19. The average molecular weight is 662 g/mol. The second kappa shape index (κ2) is 12.0. The van der Waals surface area contributed by atoms with E-state index in [-0.39, 0.29) is 71.1 Å². The van der Waals surface area contributed by atoms with E-state index >= 15 is 4.39 Å². The van der Waals surface area contributed by atoms with Crippen LogP contribution in [-0.2, 0) is 15.7 Å². The highest BCUT2D eigenvalue weighted by molar-refractivity contribution is 6.30. The number of anilines is 2. The molecule has 1 saturated heterocycles. The van der Waals surface area contributed by atoms with Crippen LogP contribution in [0.2, 0.25) is 5.15 Å². The van der Waals surface area contributed by atoms with Crippen LogP contribution < -0.4 is 15.8 Å². The van der Waals surface area contributed by atoms with Crippen LogP contribution in [0.3, 0.4) is 0 Å². The van der Waals surface area contributed by atoms with Gasteiger partial charge in [0.25, 0.3) is 5.91 Å². The summed E-state index contributed by atoms with van der Waals surface area (Å²) in [6, 6.07) is 3.36. The molecule has 4 aromatic rings. The van der Waals surface area contributed by atoms with Crippen molar-refractivity contribution in [1.29, 1.82) is 0 Å². The van der Waals surface area contributed by atoms with Gasteiger partial charge in [-0.05, 0) is 51.0 Å². The Morgan fingerprint density at radius 1 is 1.22 bits per heavy atom. The van der Waals surface area contributed by atoms with Crippen molar-refractivity contribution in [3.63, 3.8) is 0 Å². The summed E-state index contributed by atoms with van der Waals surface area (Å²) >= 11 is 6.59. The summed E-state index contributed by atoms with van der Waals surface area (Å²) < 4.78 is 68.6. The number of nitrogens with one attached hydrogen (secondary N) is 1. The van der Waals surface area contributed by atoms with E-state index in [1.54, 1.807) is 11.8 Å². The fourth-order valence-corrected chi connectivity index (χ4v) is 5.59. The molecule has 1 aliphatic carbocycles. The van der Waals surface area contributed by atoms with Gasteiger partial charge in [0.05, 0.1) is 43.1 Å².